The lowest BCUT2D eigenvalue weighted by Gasteiger charge is -2.39. The van der Waals surface area contributed by atoms with E-state index >= 15 is 0 Å². The Morgan fingerprint density at radius 3 is 2.53 bits per heavy atom. The largest absolute Gasteiger partial charge is 0.339 e. The third kappa shape index (κ3) is 2.48. The van der Waals surface area contributed by atoms with E-state index in [9.17, 15) is 4.79 Å². The molecule has 1 aromatic rings. The van der Waals surface area contributed by atoms with Crippen LogP contribution >= 0.6 is 11.6 Å². The van der Waals surface area contributed by atoms with Gasteiger partial charge in [-0.25, -0.2) is 0 Å². The summed E-state index contributed by atoms with van der Waals surface area (Å²) in [5.74, 6) is 0.0558. The maximum atomic E-state index is 12.4. The maximum Gasteiger partial charge on any atom is 0.255 e. The van der Waals surface area contributed by atoms with Crippen molar-refractivity contribution >= 4 is 17.5 Å². The zero-order chi connectivity index (χ0) is 13.3. The molecule has 1 aromatic heterocycles. The predicted molar refractivity (Wildman–Crippen MR) is 75.3 cm³/mol. The molecule has 1 saturated heterocycles. The molecular weight excluding hydrogens is 260 g/mol. The number of hydrogen-bond acceptors (Lipinski definition) is 2. The van der Waals surface area contributed by atoms with Crippen LogP contribution in [0.5, 0.6) is 0 Å². The second-order valence-corrected chi connectivity index (χ2v) is 6.26. The molecule has 3 rings (SSSR count). The zero-order valence-electron chi connectivity index (χ0n) is 11.1. The van der Waals surface area contributed by atoms with E-state index in [0.29, 0.717) is 16.0 Å². The summed E-state index contributed by atoms with van der Waals surface area (Å²) in [5, 5.41) is 0.452. The third-order valence-electron chi connectivity index (χ3n) is 4.78. The molecule has 1 aliphatic carbocycles. The Labute approximate surface area is 119 Å². The first kappa shape index (κ1) is 12.9. The fourth-order valence-electron chi connectivity index (χ4n) is 3.53. The Kier molecular flexibility index (Phi) is 3.48. The first-order chi connectivity index (χ1) is 9.20. The van der Waals surface area contributed by atoms with Gasteiger partial charge in [-0.15, -0.1) is 0 Å². The highest BCUT2D eigenvalue weighted by Crippen LogP contribution is 2.46. The third-order valence-corrected chi connectivity index (χ3v) is 5.08. The number of carbonyl (C=O) groups excluding carboxylic acids is 1. The van der Waals surface area contributed by atoms with E-state index in [2.05, 4.69) is 4.98 Å². The summed E-state index contributed by atoms with van der Waals surface area (Å²) in [4.78, 5) is 18.3. The van der Waals surface area contributed by atoms with Crippen molar-refractivity contribution < 1.29 is 4.79 Å². The second-order valence-electron chi connectivity index (χ2n) is 5.85. The number of carbonyl (C=O) groups is 1. The van der Waals surface area contributed by atoms with Crippen molar-refractivity contribution in [3.05, 3.63) is 29.0 Å². The SMILES string of the molecule is O=C(c1ccncc1Cl)N1CCC2(CCCC2)CC1. The van der Waals surface area contributed by atoms with E-state index in [0.717, 1.165) is 25.9 Å². The van der Waals surface area contributed by atoms with Crippen molar-refractivity contribution in [2.24, 2.45) is 5.41 Å². The van der Waals surface area contributed by atoms with Crippen LogP contribution < -0.4 is 0 Å². The van der Waals surface area contributed by atoms with Crippen molar-refractivity contribution in [1.29, 1.82) is 0 Å². The highest BCUT2D eigenvalue weighted by molar-refractivity contribution is 6.33. The second kappa shape index (κ2) is 5.12. The summed E-state index contributed by atoms with van der Waals surface area (Å²) in [6, 6.07) is 1.71. The Balaban J connectivity index is 1.68. The summed E-state index contributed by atoms with van der Waals surface area (Å²) in [6.45, 7) is 1.75. The van der Waals surface area contributed by atoms with Gasteiger partial charge in [-0.3, -0.25) is 9.78 Å². The number of piperidine rings is 1. The van der Waals surface area contributed by atoms with E-state index < -0.39 is 0 Å². The zero-order valence-corrected chi connectivity index (χ0v) is 11.8. The van der Waals surface area contributed by atoms with Crippen molar-refractivity contribution in [2.45, 2.75) is 38.5 Å². The summed E-state index contributed by atoms with van der Waals surface area (Å²) in [5.41, 5.74) is 1.12. The molecule has 0 aromatic carbocycles. The Morgan fingerprint density at radius 2 is 1.89 bits per heavy atom. The minimum atomic E-state index is 0.0558. The standard InChI is InChI=1S/C15H19ClN2O/c16-13-11-17-8-3-12(13)14(19)18-9-6-15(7-10-18)4-1-2-5-15/h3,8,11H,1-2,4-7,9-10H2. The van der Waals surface area contributed by atoms with Gasteiger partial charge in [0.05, 0.1) is 10.6 Å². The highest BCUT2D eigenvalue weighted by atomic mass is 35.5. The molecule has 3 nitrogen and oxygen atoms in total. The van der Waals surface area contributed by atoms with E-state index in [1.807, 2.05) is 4.90 Å². The predicted octanol–water partition coefficient (Wildman–Crippen LogP) is 3.53. The summed E-state index contributed by atoms with van der Waals surface area (Å²) >= 11 is 6.05. The number of hydrogen-bond donors (Lipinski definition) is 0. The molecule has 0 bridgehead atoms. The van der Waals surface area contributed by atoms with Crippen molar-refractivity contribution in [3.63, 3.8) is 0 Å². The van der Waals surface area contributed by atoms with E-state index in [1.165, 1.54) is 31.9 Å². The van der Waals surface area contributed by atoms with Crippen LogP contribution in [0.1, 0.15) is 48.9 Å². The van der Waals surface area contributed by atoms with E-state index in [-0.39, 0.29) is 5.91 Å². The van der Waals surface area contributed by atoms with Crippen LogP contribution in [-0.4, -0.2) is 28.9 Å². The monoisotopic (exact) mass is 278 g/mol. The van der Waals surface area contributed by atoms with Gasteiger partial charge < -0.3 is 4.90 Å². The quantitative estimate of drug-likeness (QED) is 0.787. The smallest absolute Gasteiger partial charge is 0.255 e. The van der Waals surface area contributed by atoms with Crippen molar-refractivity contribution in [1.82, 2.24) is 9.88 Å². The average molecular weight is 279 g/mol. The van der Waals surface area contributed by atoms with Crippen molar-refractivity contribution in [2.75, 3.05) is 13.1 Å². The van der Waals surface area contributed by atoms with Gasteiger partial charge >= 0.3 is 0 Å². The van der Waals surface area contributed by atoms with Crippen molar-refractivity contribution in [3.8, 4) is 0 Å². The van der Waals surface area contributed by atoms with E-state index in [1.54, 1.807) is 12.3 Å². The molecule has 19 heavy (non-hydrogen) atoms. The topological polar surface area (TPSA) is 33.2 Å². The first-order valence-electron chi connectivity index (χ1n) is 7.09. The van der Waals surface area contributed by atoms with Gasteiger partial charge in [0.15, 0.2) is 0 Å². The molecule has 1 saturated carbocycles. The molecule has 0 unspecified atom stereocenters. The fraction of sp³-hybridized carbons (Fsp3) is 0.600. The minimum absolute atomic E-state index is 0.0558. The van der Waals surface area contributed by atoms with Crippen LogP contribution in [0, 0.1) is 5.41 Å². The Hall–Kier alpha value is -1.09. The normalized spacial score (nSPS) is 21.8. The maximum absolute atomic E-state index is 12.4. The molecule has 0 N–H and O–H groups in total. The molecule has 4 heteroatoms. The number of pyridine rings is 1. The Morgan fingerprint density at radius 1 is 1.21 bits per heavy atom. The van der Waals surface area contributed by atoms with Crippen LogP contribution in [0.2, 0.25) is 5.02 Å². The lowest BCUT2D eigenvalue weighted by Crippen LogP contribution is -2.42. The molecule has 2 aliphatic rings. The molecule has 0 radical (unpaired) electrons. The molecule has 1 spiro atoms. The van der Waals surface area contributed by atoms with Crippen LogP contribution in [0.25, 0.3) is 0 Å². The number of aromatic nitrogens is 1. The fourth-order valence-corrected chi connectivity index (χ4v) is 3.73. The molecular formula is C15H19ClN2O. The highest BCUT2D eigenvalue weighted by Gasteiger charge is 2.38. The molecule has 1 amide bonds. The number of likely N-dealkylation sites (tertiary alicyclic amines) is 1. The van der Waals surface area contributed by atoms with E-state index in [4.69, 9.17) is 11.6 Å². The number of nitrogens with zero attached hydrogens (tertiary/aromatic N) is 2. The van der Waals surface area contributed by atoms with Gasteiger partial charge in [0.2, 0.25) is 0 Å². The van der Waals surface area contributed by atoms with Gasteiger partial charge in [-0.1, -0.05) is 24.4 Å². The van der Waals surface area contributed by atoms with Gasteiger partial charge in [0.1, 0.15) is 0 Å². The first-order valence-corrected chi connectivity index (χ1v) is 7.47. The molecule has 2 heterocycles. The van der Waals surface area contributed by atoms with Gasteiger partial charge in [-0.2, -0.15) is 0 Å². The van der Waals surface area contributed by atoms with Gasteiger partial charge in [-0.05, 0) is 37.2 Å². The molecule has 0 atom stereocenters. The lowest BCUT2D eigenvalue weighted by atomic mass is 9.77. The Bertz CT molecular complexity index is 473. The molecule has 2 fully saturated rings. The average Bonchev–Trinajstić information content (AvgIpc) is 2.88. The van der Waals surface area contributed by atoms with Gasteiger partial charge in [0, 0.05) is 25.5 Å². The number of rotatable bonds is 1. The summed E-state index contributed by atoms with van der Waals surface area (Å²) in [7, 11) is 0. The molecule has 1 aliphatic heterocycles. The van der Waals surface area contributed by atoms with Crippen LogP contribution in [0.4, 0.5) is 0 Å². The number of halogens is 1. The lowest BCUT2D eigenvalue weighted by molar-refractivity contribution is 0.0587. The van der Waals surface area contributed by atoms with Crippen LogP contribution in [-0.2, 0) is 0 Å². The summed E-state index contributed by atoms with van der Waals surface area (Å²) < 4.78 is 0. The number of amides is 1. The minimum Gasteiger partial charge on any atom is -0.339 e. The van der Waals surface area contributed by atoms with Crippen LogP contribution in [0.3, 0.4) is 0 Å². The summed E-state index contributed by atoms with van der Waals surface area (Å²) in [6.07, 6.45) is 10.9. The molecule has 102 valence electrons. The van der Waals surface area contributed by atoms with Gasteiger partial charge in [0.25, 0.3) is 5.91 Å². The van der Waals surface area contributed by atoms with Crippen LogP contribution in [0.15, 0.2) is 18.5 Å².